The lowest BCUT2D eigenvalue weighted by molar-refractivity contribution is -0.123. The first-order chi connectivity index (χ1) is 8.15. The first-order valence-corrected chi connectivity index (χ1v) is 6.50. The molecular formula is C12H25N3O2. The van der Waals surface area contributed by atoms with Crippen molar-refractivity contribution in [3.63, 3.8) is 0 Å². The molecule has 0 saturated carbocycles. The maximum absolute atomic E-state index is 11.7. The van der Waals surface area contributed by atoms with Gasteiger partial charge in [0.05, 0.1) is 13.2 Å². The number of piperazine rings is 1. The second-order valence-corrected chi connectivity index (χ2v) is 4.72. The predicted molar refractivity (Wildman–Crippen MR) is 67.9 cm³/mol. The maximum atomic E-state index is 11.7. The Morgan fingerprint density at radius 2 is 1.88 bits per heavy atom. The molecule has 0 aromatic carbocycles. The first kappa shape index (κ1) is 14.4. The van der Waals surface area contributed by atoms with Crippen LogP contribution >= 0.6 is 0 Å². The highest BCUT2D eigenvalue weighted by molar-refractivity contribution is 5.78. The van der Waals surface area contributed by atoms with Gasteiger partial charge in [-0.15, -0.1) is 0 Å². The number of carbonyl (C=O) groups is 1. The highest BCUT2D eigenvalue weighted by Crippen LogP contribution is 2.00. The average molecular weight is 243 g/mol. The van der Waals surface area contributed by atoms with Gasteiger partial charge in [0.1, 0.15) is 0 Å². The van der Waals surface area contributed by atoms with E-state index in [-0.39, 0.29) is 18.6 Å². The molecule has 100 valence electrons. The van der Waals surface area contributed by atoms with Crippen LogP contribution in [0, 0.1) is 0 Å². The monoisotopic (exact) mass is 243 g/mol. The van der Waals surface area contributed by atoms with Crippen LogP contribution in [0.5, 0.6) is 0 Å². The van der Waals surface area contributed by atoms with Crippen LogP contribution in [0.15, 0.2) is 0 Å². The summed E-state index contributed by atoms with van der Waals surface area (Å²) < 4.78 is 0. The van der Waals surface area contributed by atoms with Gasteiger partial charge in [0.2, 0.25) is 5.91 Å². The van der Waals surface area contributed by atoms with E-state index in [1.54, 1.807) is 0 Å². The third-order valence-corrected chi connectivity index (χ3v) is 3.27. The molecule has 1 aliphatic rings. The maximum Gasteiger partial charge on any atom is 0.234 e. The van der Waals surface area contributed by atoms with Crippen molar-refractivity contribution in [3.05, 3.63) is 0 Å². The van der Waals surface area contributed by atoms with Gasteiger partial charge in [0, 0.05) is 38.8 Å². The van der Waals surface area contributed by atoms with E-state index in [4.69, 9.17) is 5.11 Å². The van der Waals surface area contributed by atoms with Crippen LogP contribution < -0.4 is 5.32 Å². The molecule has 1 saturated heterocycles. The number of hydrogen-bond acceptors (Lipinski definition) is 4. The normalized spacial score (nSPS) is 20.2. The standard InChI is InChI=1S/C12H25N3O2/c1-3-11(2)13-12(17)10-15-6-4-14(5-7-15)8-9-16/h11,16H,3-10H2,1-2H3,(H,13,17). The van der Waals surface area contributed by atoms with Crippen molar-refractivity contribution >= 4 is 5.91 Å². The molecule has 1 fully saturated rings. The van der Waals surface area contributed by atoms with Gasteiger partial charge in [-0.25, -0.2) is 0 Å². The van der Waals surface area contributed by atoms with Gasteiger partial charge < -0.3 is 10.4 Å². The molecule has 0 radical (unpaired) electrons. The quantitative estimate of drug-likeness (QED) is 0.661. The van der Waals surface area contributed by atoms with Crippen LogP contribution in [0.3, 0.4) is 0 Å². The second-order valence-electron chi connectivity index (χ2n) is 4.72. The van der Waals surface area contributed by atoms with E-state index in [1.807, 2.05) is 6.92 Å². The number of aliphatic hydroxyl groups is 1. The molecular weight excluding hydrogens is 218 g/mol. The molecule has 0 aliphatic carbocycles. The molecule has 1 unspecified atom stereocenters. The summed E-state index contributed by atoms with van der Waals surface area (Å²) in [5.41, 5.74) is 0. The smallest absolute Gasteiger partial charge is 0.234 e. The van der Waals surface area contributed by atoms with E-state index < -0.39 is 0 Å². The molecule has 1 atom stereocenters. The number of carbonyl (C=O) groups excluding carboxylic acids is 1. The van der Waals surface area contributed by atoms with Crippen molar-refractivity contribution in [1.29, 1.82) is 0 Å². The summed E-state index contributed by atoms with van der Waals surface area (Å²) in [7, 11) is 0. The number of rotatable bonds is 6. The Balaban J connectivity index is 2.19. The summed E-state index contributed by atoms with van der Waals surface area (Å²) in [6.07, 6.45) is 0.968. The van der Waals surface area contributed by atoms with E-state index in [9.17, 15) is 4.79 Å². The summed E-state index contributed by atoms with van der Waals surface area (Å²) in [6, 6.07) is 0.262. The van der Waals surface area contributed by atoms with Crippen LogP contribution in [-0.2, 0) is 4.79 Å². The zero-order valence-electron chi connectivity index (χ0n) is 11.0. The number of nitrogens with one attached hydrogen (secondary N) is 1. The zero-order chi connectivity index (χ0) is 12.7. The van der Waals surface area contributed by atoms with E-state index in [1.165, 1.54) is 0 Å². The molecule has 17 heavy (non-hydrogen) atoms. The summed E-state index contributed by atoms with van der Waals surface area (Å²) in [5.74, 6) is 0.120. The molecule has 0 aromatic rings. The van der Waals surface area contributed by atoms with Gasteiger partial charge in [-0.3, -0.25) is 14.6 Å². The minimum Gasteiger partial charge on any atom is -0.395 e. The Bertz CT molecular complexity index is 228. The number of aliphatic hydroxyl groups excluding tert-OH is 1. The van der Waals surface area contributed by atoms with Crippen molar-refractivity contribution in [1.82, 2.24) is 15.1 Å². The zero-order valence-corrected chi connectivity index (χ0v) is 11.0. The lowest BCUT2D eigenvalue weighted by Crippen LogP contribution is -2.50. The Morgan fingerprint density at radius 1 is 1.29 bits per heavy atom. The molecule has 1 rings (SSSR count). The Hall–Kier alpha value is -0.650. The highest BCUT2D eigenvalue weighted by atomic mass is 16.3. The Labute approximate surface area is 104 Å². The molecule has 5 nitrogen and oxygen atoms in total. The third kappa shape index (κ3) is 5.48. The minimum atomic E-state index is 0.120. The molecule has 1 heterocycles. The van der Waals surface area contributed by atoms with Crippen LogP contribution in [0.25, 0.3) is 0 Å². The molecule has 0 aromatic heterocycles. The molecule has 2 N–H and O–H groups in total. The number of amides is 1. The van der Waals surface area contributed by atoms with E-state index >= 15 is 0 Å². The topological polar surface area (TPSA) is 55.8 Å². The lowest BCUT2D eigenvalue weighted by atomic mass is 10.2. The van der Waals surface area contributed by atoms with Crippen LogP contribution in [0.1, 0.15) is 20.3 Å². The third-order valence-electron chi connectivity index (χ3n) is 3.27. The Morgan fingerprint density at radius 3 is 2.41 bits per heavy atom. The number of nitrogens with zero attached hydrogens (tertiary/aromatic N) is 2. The van der Waals surface area contributed by atoms with Crippen molar-refractivity contribution in [3.8, 4) is 0 Å². The van der Waals surface area contributed by atoms with Crippen molar-refractivity contribution in [2.45, 2.75) is 26.3 Å². The van der Waals surface area contributed by atoms with Crippen LogP contribution in [0.4, 0.5) is 0 Å². The fourth-order valence-electron chi connectivity index (χ4n) is 1.94. The van der Waals surface area contributed by atoms with Gasteiger partial charge in [0.25, 0.3) is 0 Å². The van der Waals surface area contributed by atoms with E-state index in [0.717, 1.165) is 39.1 Å². The largest absolute Gasteiger partial charge is 0.395 e. The van der Waals surface area contributed by atoms with Gasteiger partial charge in [-0.2, -0.15) is 0 Å². The van der Waals surface area contributed by atoms with Crippen molar-refractivity contribution in [2.24, 2.45) is 0 Å². The molecule has 0 bridgehead atoms. The first-order valence-electron chi connectivity index (χ1n) is 6.50. The summed E-state index contributed by atoms with van der Waals surface area (Å²) >= 11 is 0. The fourth-order valence-corrected chi connectivity index (χ4v) is 1.94. The molecule has 5 heteroatoms. The van der Waals surface area contributed by atoms with Gasteiger partial charge >= 0.3 is 0 Å². The second kappa shape index (κ2) is 7.63. The fraction of sp³-hybridized carbons (Fsp3) is 0.917. The minimum absolute atomic E-state index is 0.120. The van der Waals surface area contributed by atoms with Crippen molar-refractivity contribution in [2.75, 3.05) is 45.9 Å². The van der Waals surface area contributed by atoms with E-state index in [0.29, 0.717) is 6.54 Å². The molecule has 1 aliphatic heterocycles. The van der Waals surface area contributed by atoms with Crippen molar-refractivity contribution < 1.29 is 9.90 Å². The highest BCUT2D eigenvalue weighted by Gasteiger charge is 2.18. The SMILES string of the molecule is CCC(C)NC(=O)CN1CCN(CCO)CC1. The summed E-state index contributed by atoms with van der Waals surface area (Å²) in [5, 5.41) is 11.8. The molecule has 1 amide bonds. The van der Waals surface area contributed by atoms with Gasteiger partial charge in [-0.1, -0.05) is 6.92 Å². The number of hydrogen-bond donors (Lipinski definition) is 2. The number of β-amino-alcohol motifs (C(OH)–C–C–N with tert-alkyl or cyclic N) is 1. The van der Waals surface area contributed by atoms with Gasteiger partial charge in [0.15, 0.2) is 0 Å². The van der Waals surface area contributed by atoms with Crippen LogP contribution in [-0.4, -0.2) is 72.7 Å². The average Bonchev–Trinajstić information content (AvgIpc) is 2.31. The van der Waals surface area contributed by atoms with Gasteiger partial charge in [-0.05, 0) is 13.3 Å². The molecule has 0 spiro atoms. The Kier molecular flexibility index (Phi) is 6.47. The lowest BCUT2D eigenvalue weighted by Gasteiger charge is -2.34. The van der Waals surface area contributed by atoms with Crippen LogP contribution in [0.2, 0.25) is 0 Å². The van der Waals surface area contributed by atoms with E-state index in [2.05, 4.69) is 22.0 Å². The summed E-state index contributed by atoms with van der Waals surface area (Å²) in [6.45, 7) is 9.25. The summed E-state index contributed by atoms with van der Waals surface area (Å²) in [4.78, 5) is 16.1. The predicted octanol–water partition coefficient (Wildman–Crippen LogP) is -0.489.